The first-order chi connectivity index (χ1) is 12.7. The Labute approximate surface area is 178 Å². The summed E-state index contributed by atoms with van der Waals surface area (Å²) in [4.78, 5) is 28.7. The number of halogens is 1. The average Bonchev–Trinajstić information content (AvgIpc) is 2.97. The molecular weight excluding hydrogens is 465 g/mol. The van der Waals surface area contributed by atoms with Crippen molar-refractivity contribution in [1.29, 1.82) is 0 Å². The zero-order valence-corrected chi connectivity index (χ0v) is 18.3. The second-order valence-electron chi connectivity index (χ2n) is 6.38. The number of hydrogen-bond donors (Lipinski definition) is 3. The lowest BCUT2D eigenvalue weighted by atomic mass is 10.0. The van der Waals surface area contributed by atoms with E-state index >= 15 is 0 Å². The van der Waals surface area contributed by atoms with Crippen molar-refractivity contribution in [3.05, 3.63) is 0 Å². The van der Waals surface area contributed by atoms with Gasteiger partial charge in [0, 0.05) is 52.6 Å². The van der Waals surface area contributed by atoms with Crippen molar-refractivity contribution in [1.82, 2.24) is 20.9 Å². The van der Waals surface area contributed by atoms with Crippen molar-refractivity contribution in [3.63, 3.8) is 0 Å². The first kappa shape index (κ1) is 23.9. The number of guanidine groups is 1. The van der Waals surface area contributed by atoms with Crippen LogP contribution in [0.5, 0.6) is 0 Å². The molecule has 0 aliphatic carbocycles. The predicted octanol–water partition coefficient (Wildman–Crippen LogP) is 0.545. The molecule has 2 aliphatic heterocycles. The molecule has 2 saturated heterocycles. The Morgan fingerprint density at radius 1 is 1.33 bits per heavy atom. The molecule has 0 spiro atoms. The van der Waals surface area contributed by atoms with Crippen molar-refractivity contribution in [2.24, 2.45) is 10.9 Å². The van der Waals surface area contributed by atoms with Gasteiger partial charge in [0.25, 0.3) is 0 Å². The zero-order chi connectivity index (χ0) is 18.6. The van der Waals surface area contributed by atoms with Crippen LogP contribution in [0, 0.1) is 5.92 Å². The number of carbonyl (C=O) groups excluding carboxylic acids is 2. The standard InChI is InChI=1S/C17H31N5O4.HI/c1-2-18-16(20-7-8-22-15(23)12-21-17(22)24)19-6-3-9-26-13-14-4-10-25-11-5-14;/h14H,2-13H2,1H3,(H,21,24)(H2,18,19,20);1H. The molecule has 2 fully saturated rings. The molecule has 3 amide bonds. The smallest absolute Gasteiger partial charge is 0.324 e. The monoisotopic (exact) mass is 497 g/mol. The number of urea groups is 1. The second-order valence-corrected chi connectivity index (χ2v) is 6.38. The number of ether oxygens (including phenoxy) is 2. The van der Waals surface area contributed by atoms with Gasteiger partial charge in [-0.05, 0) is 32.1 Å². The summed E-state index contributed by atoms with van der Waals surface area (Å²) in [5, 5.41) is 8.80. The fourth-order valence-corrected chi connectivity index (χ4v) is 2.83. The third-order valence-corrected chi connectivity index (χ3v) is 4.32. The Hall–Kier alpha value is -1.14. The molecule has 27 heavy (non-hydrogen) atoms. The van der Waals surface area contributed by atoms with E-state index in [1.54, 1.807) is 0 Å². The molecule has 9 nitrogen and oxygen atoms in total. The number of carbonyl (C=O) groups is 2. The molecule has 0 radical (unpaired) electrons. The van der Waals surface area contributed by atoms with Crippen LogP contribution in [0.15, 0.2) is 4.99 Å². The second kappa shape index (κ2) is 13.9. The summed E-state index contributed by atoms with van der Waals surface area (Å²) in [6.45, 7) is 7.46. The van der Waals surface area contributed by atoms with E-state index < -0.39 is 0 Å². The Morgan fingerprint density at radius 2 is 2.11 bits per heavy atom. The minimum Gasteiger partial charge on any atom is -0.381 e. The lowest BCUT2D eigenvalue weighted by molar-refractivity contribution is -0.124. The van der Waals surface area contributed by atoms with Crippen molar-refractivity contribution >= 4 is 41.9 Å². The van der Waals surface area contributed by atoms with Crippen LogP contribution in [-0.2, 0) is 14.3 Å². The summed E-state index contributed by atoms with van der Waals surface area (Å²) in [6, 6.07) is -0.333. The largest absolute Gasteiger partial charge is 0.381 e. The Bertz CT molecular complexity index is 470. The van der Waals surface area contributed by atoms with Crippen molar-refractivity contribution in [3.8, 4) is 0 Å². The van der Waals surface area contributed by atoms with Crippen LogP contribution in [0.2, 0.25) is 0 Å². The first-order valence-corrected chi connectivity index (χ1v) is 9.46. The van der Waals surface area contributed by atoms with Gasteiger partial charge in [-0.1, -0.05) is 0 Å². The van der Waals surface area contributed by atoms with Crippen molar-refractivity contribution < 1.29 is 19.1 Å². The third kappa shape index (κ3) is 9.06. The van der Waals surface area contributed by atoms with Crippen LogP contribution in [0.4, 0.5) is 4.79 Å². The van der Waals surface area contributed by atoms with E-state index in [0.29, 0.717) is 38.1 Å². The van der Waals surface area contributed by atoms with Crippen LogP contribution in [0.1, 0.15) is 26.2 Å². The summed E-state index contributed by atoms with van der Waals surface area (Å²) in [5.41, 5.74) is 0. The predicted molar refractivity (Wildman–Crippen MR) is 113 cm³/mol. The molecule has 10 heteroatoms. The Morgan fingerprint density at radius 3 is 2.78 bits per heavy atom. The molecule has 3 N–H and O–H groups in total. The minimum absolute atomic E-state index is 0. The topological polar surface area (TPSA) is 104 Å². The average molecular weight is 497 g/mol. The maximum atomic E-state index is 11.5. The molecular formula is C17H32IN5O4. The summed E-state index contributed by atoms with van der Waals surface area (Å²) in [6.07, 6.45) is 3.03. The molecule has 0 bridgehead atoms. The van der Waals surface area contributed by atoms with Crippen LogP contribution in [-0.4, -0.2) is 81.9 Å². The van der Waals surface area contributed by atoms with E-state index in [9.17, 15) is 9.59 Å². The number of imide groups is 1. The van der Waals surface area contributed by atoms with Gasteiger partial charge in [-0.2, -0.15) is 0 Å². The maximum absolute atomic E-state index is 11.5. The van der Waals surface area contributed by atoms with Gasteiger partial charge in [-0.25, -0.2) is 4.79 Å². The van der Waals surface area contributed by atoms with E-state index in [4.69, 9.17) is 9.47 Å². The SMILES string of the molecule is CCNC(=NCCCOCC1CCOCC1)NCCN1C(=O)CNC1=O.I. The van der Waals surface area contributed by atoms with Gasteiger partial charge in [-0.15, -0.1) is 24.0 Å². The van der Waals surface area contributed by atoms with Gasteiger partial charge in [0.2, 0.25) is 5.91 Å². The molecule has 2 aliphatic rings. The summed E-state index contributed by atoms with van der Waals surface area (Å²) in [5.74, 6) is 1.11. The van der Waals surface area contributed by atoms with Crippen LogP contribution >= 0.6 is 24.0 Å². The lowest BCUT2D eigenvalue weighted by Crippen LogP contribution is -2.43. The minimum atomic E-state index is -0.333. The number of rotatable bonds is 10. The van der Waals surface area contributed by atoms with Gasteiger partial charge in [-0.3, -0.25) is 14.7 Å². The molecule has 0 saturated carbocycles. The Balaban J connectivity index is 0.00000364. The fourth-order valence-electron chi connectivity index (χ4n) is 2.83. The molecule has 2 rings (SSSR count). The van der Waals surface area contributed by atoms with E-state index in [1.807, 2.05) is 6.92 Å². The van der Waals surface area contributed by atoms with Crippen LogP contribution in [0.25, 0.3) is 0 Å². The van der Waals surface area contributed by atoms with E-state index in [1.165, 1.54) is 4.90 Å². The fraction of sp³-hybridized carbons (Fsp3) is 0.824. The molecule has 0 unspecified atom stereocenters. The van der Waals surface area contributed by atoms with Gasteiger partial charge >= 0.3 is 6.03 Å². The molecule has 2 heterocycles. The highest BCUT2D eigenvalue weighted by atomic mass is 127. The number of aliphatic imine (C=N–C) groups is 1. The Kier molecular flexibility index (Phi) is 12.3. The van der Waals surface area contributed by atoms with E-state index in [2.05, 4.69) is 20.9 Å². The van der Waals surface area contributed by atoms with Crippen LogP contribution < -0.4 is 16.0 Å². The van der Waals surface area contributed by atoms with Crippen molar-refractivity contribution in [2.75, 3.05) is 59.2 Å². The van der Waals surface area contributed by atoms with Gasteiger partial charge in [0.1, 0.15) is 0 Å². The van der Waals surface area contributed by atoms with Crippen molar-refractivity contribution in [2.45, 2.75) is 26.2 Å². The molecule has 0 aromatic rings. The normalized spacial score (nSPS) is 18.3. The van der Waals surface area contributed by atoms with Gasteiger partial charge < -0.3 is 25.4 Å². The molecule has 0 atom stereocenters. The summed E-state index contributed by atoms with van der Waals surface area (Å²) in [7, 11) is 0. The highest BCUT2D eigenvalue weighted by Gasteiger charge is 2.27. The molecule has 0 aromatic carbocycles. The quantitative estimate of drug-likeness (QED) is 0.134. The third-order valence-electron chi connectivity index (χ3n) is 4.32. The highest BCUT2D eigenvalue weighted by molar-refractivity contribution is 14.0. The van der Waals surface area contributed by atoms with Gasteiger partial charge in [0.05, 0.1) is 6.54 Å². The van der Waals surface area contributed by atoms with E-state index in [-0.39, 0.29) is 42.5 Å². The first-order valence-electron chi connectivity index (χ1n) is 9.46. The lowest BCUT2D eigenvalue weighted by Gasteiger charge is -2.21. The van der Waals surface area contributed by atoms with Crippen LogP contribution in [0.3, 0.4) is 0 Å². The summed E-state index contributed by atoms with van der Waals surface area (Å²) >= 11 is 0. The van der Waals surface area contributed by atoms with E-state index in [0.717, 1.165) is 45.6 Å². The highest BCUT2D eigenvalue weighted by Crippen LogP contribution is 2.14. The number of nitrogens with zero attached hydrogens (tertiary/aromatic N) is 2. The zero-order valence-electron chi connectivity index (χ0n) is 16.0. The van der Waals surface area contributed by atoms with Gasteiger partial charge in [0.15, 0.2) is 5.96 Å². The number of amides is 3. The molecule has 156 valence electrons. The number of hydrogen-bond acceptors (Lipinski definition) is 5. The number of nitrogens with one attached hydrogen (secondary N) is 3. The molecule has 0 aromatic heterocycles. The summed E-state index contributed by atoms with van der Waals surface area (Å²) < 4.78 is 11.1. The maximum Gasteiger partial charge on any atom is 0.324 e.